The van der Waals surface area contributed by atoms with Crippen molar-refractivity contribution in [2.75, 3.05) is 13.1 Å². The first-order valence-corrected chi connectivity index (χ1v) is 16.7. The number of nitrogens with zero attached hydrogens (tertiary/aromatic N) is 2. The van der Waals surface area contributed by atoms with Crippen molar-refractivity contribution in [2.45, 2.75) is 51.9 Å². The lowest BCUT2D eigenvalue weighted by Gasteiger charge is -2.26. The van der Waals surface area contributed by atoms with E-state index in [1.165, 1.54) is 11.3 Å². The maximum absolute atomic E-state index is 13.9. The Kier molecular flexibility index (Phi) is 11.4. The molecule has 1 heterocycles. The van der Waals surface area contributed by atoms with Crippen LogP contribution in [0.1, 0.15) is 49.3 Å². The van der Waals surface area contributed by atoms with Crippen LogP contribution in [-0.4, -0.2) is 40.8 Å². The van der Waals surface area contributed by atoms with Crippen LogP contribution in [-0.2, 0) is 22.4 Å². The Morgan fingerprint density at radius 1 is 0.787 bits per heavy atom. The van der Waals surface area contributed by atoms with Crippen molar-refractivity contribution in [3.8, 4) is 22.3 Å². The summed E-state index contributed by atoms with van der Waals surface area (Å²) in [5, 5.41) is 2.79. The Hall–Kier alpha value is -4.95. The first-order chi connectivity index (χ1) is 22.7. The van der Waals surface area contributed by atoms with Gasteiger partial charge >= 0.3 is 12.2 Å². The fourth-order valence-electron chi connectivity index (χ4n) is 5.12. The van der Waals surface area contributed by atoms with E-state index in [0.29, 0.717) is 32.5 Å². The van der Waals surface area contributed by atoms with E-state index in [-0.39, 0.29) is 0 Å². The summed E-state index contributed by atoms with van der Waals surface area (Å²) in [7, 11) is 0. The molecule has 4 aromatic carbocycles. The van der Waals surface area contributed by atoms with Crippen LogP contribution in [0, 0.1) is 0 Å². The predicted octanol–water partition coefficient (Wildman–Crippen LogP) is 9.31. The molecule has 0 aliphatic heterocycles. The summed E-state index contributed by atoms with van der Waals surface area (Å²) < 4.78 is 11.6. The molecule has 0 saturated carbocycles. The molecule has 8 heteroatoms. The standard InChI is InChI=1S/C39H41N3O4S/c1-39(2,3)46-37(43)41-23-10-24-42(27-30-17-21-34(22-18-30)32-13-8-5-9-14-32)38(44)45-35(36-26-40-28-47-36)25-29-15-19-33(20-16-29)31-11-6-4-7-12-31/h4-9,11-22,26,28,35H,10,23-25,27H2,1-3H3,(H,41,43). The van der Waals surface area contributed by atoms with E-state index in [9.17, 15) is 9.59 Å². The molecule has 0 aliphatic carbocycles. The van der Waals surface area contributed by atoms with Gasteiger partial charge in [0.05, 0.1) is 10.4 Å². The predicted molar refractivity (Wildman–Crippen MR) is 188 cm³/mol. The monoisotopic (exact) mass is 647 g/mol. The van der Waals surface area contributed by atoms with Crippen molar-refractivity contribution >= 4 is 23.5 Å². The first-order valence-electron chi connectivity index (χ1n) is 15.8. The molecule has 0 fully saturated rings. The van der Waals surface area contributed by atoms with Crippen LogP contribution in [0.2, 0.25) is 0 Å². The number of carbonyl (C=O) groups excluding carboxylic acids is 2. The maximum Gasteiger partial charge on any atom is 0.410 e. The molecule has 0 radical (unpaired) electrons. The van der Waals surface area contributed by atoms with E-state index < -0.39 is 23.9 Å². The average Bonchev–Trinajstić information content (AvgIpc) is 3.62. The second kappa shape index (κ2) is 16.1. The van der Waals surface area contributed by atoms with Crippen LogP contribution in [0.15, 0.2) is 121 Å². The highest BCUT2D eigenvalue weighted by molar-refractivity contribution is 7.09. The van der Waals surface area contributed by atoms with Crippen molar-refractivity contribution in [3.05, 3.63) is 137 Å². The van der Waals surface area contributed by atoms with Gasteiger partial charge in [-0.3, -0.25) is 4.98 Å². The number of amides is 2. The zero-order valence-electron chi connectivity index (χ0n) is 27.1. The summed E-state index contributed by atoms with van der Waals surface area (Å²) in [6.07, 6.45) is 1.41. The van der Waals surface area contributed by atoms with Crippen molar-refractivity contribution in [1.29, 1.82) is 0 Å². The van der Waals surface area contributed by atoms with Gasteiger partial charge in [-0.25, -0.2) is 9.59 Å². The Balaban J connectivity index is 1.29. The summed E-state index contributed by atoms with van der Waals surface area (Å²) in [4.78, 5) is 32.9. The zero-order valence-corrected chi connectivity index (χ0v) is 27.9. The van der Waals surface area contributed by atoms with E-state index in [1.54, 1.807) is 16.6 Å². The molecule has 0 bridgehead atoms. The minimum atomic E-state index is -0.584. The fraction of sp³-hybridized carbons (Fsp3) is 0.256. The van der Waals surface area contributed by atoms with E-state index in [1.807, 2.05) is 69.3 Å². The third-order valence-electron chi connectivity index (χ3n) is 7.46. The molecule has 0 aliphatic rings. The Morgan fingerprint density at radius 2 is 1.34 bits per heavy atom. The van der Waals surface area contributed by atoms with E-state index >= 15 is 0 Å². The second-order valence-corrected chi connectivity index (χ2v) is 13.2. The van der Waals surface area contributed by atoms with Crippen LogP contribution < -0.4 is 5.32 Å². The van der Waals surface area contributed by atoms with Gasteiger partial charge in [0, 0.05) is 32.3 Å². The van der Waals surface area contributed by atoms with Crippen LogP contribution in [0.3, 0.4) is 0 Å². The van der Waals surface area contributed by atoms with Gasteiger partial charge in [-0.1, -0.05) is 109 Å². The average molecular weight is 648 g/mol. The van der Waals surface area contributed by atoms with Gasteiger partial charge in [0.1, 0.15) is 11.7 Å². The number of carbonyl (C=O) groups is 2. The minimum Gasteiger partial charge on any atom is -0.444 e. The highest BCUT2D eigenvalue weighted by Crippen LogP contribution is 2.28. The highest BCUT2D eigenvalue weighted by atomic mass is 32.1. The van der Waals surface area contributed by atoms with Crippen molar-refractivity contribution in [3.63, 3.8) is 0 Å². The third kappa shape index (κ3) is 10.3. The molecule has 242 valence electrons. The molecular formula is C39H41N3O4S. The van der Waals surface area contributed by atoms with E-state index in [0.717, 1.165) is 38.3 Å². The molecule has 0 spiro atoms. The molecule has 5 aromatic rings. The number of hydrogen-bond acceptors (Lipinski definition) is 6. The molecule has 5 rings (SSSR count). The van der Waals surface area contributed by atoms with Gasteiger partial charge < -0.3 is 19.7 Å². The molecule has 7 nitrogen and oxygen atoms in total. The van der Waals surface area contributed by atoms with E-state index in [2.05, 4.69) is 71.0 Å². The van der Waals surface area contributed by atoms with Gasteiger partial charge in [-0.05, 0) is 60.6 Å². The Morgan fingerprint density at radius 3 is 1.87 bits per heavy atom. The maximum atomic E-state index is 13.9. The molecule has 1 atom stereocenters. The largest absolute Gasteiger partial charge is 0.444 e. The number of rotatable bonds is 12. The minimum absolute atomic E-state index is 0.359. The van der Waals surface area contributed by atoms with Gasteiger partial charge in [-0.15, -0.1) is 11.3 Å². The summed E-state index contributed by atoms with van der Waals surface area (Å²) in [5.41, 5.74) is 7.72. The number of nitrogens with one attached hydrogen (secondary N) is 1. The summed E-state index contributed by atoms with van der Waals surface area (Å²) in [5.74, 6) is 0. The molecular weight excluding hydrogens is 607 g/mol. The molecule has 1 unspecified atom stereocenters. The number of hydrogen-bond donors (Lipinski definition) is 1. The lowest BCUT2D eigenvalue weighted by molar-refractivity contribution is 0.0521. The molecule has 1 N–H and O–H groups in total. The smallest absolute Gasteiger partial charge is 0.410 e. The number of ether oxygens (including phenoxy) is 2. The summed E-state index contributed by atoms with van der Waals surface area (Å²) in [6.45, 7) is 6.58. The lowest BCUT2D eigenvalue weighted by atomic mass is 10.0. The number of thiazole rings is 1. The van der Waals surface area contributed by atoms with Gasteiger partial charge in [0.15, 0.2) is 0 Å². The summed E-state index contributed by atoms with van der Waals surface area (Å²) >= 11 is 1.47. The van der Waals surface area contributed by atoms with Gasteiger partial charge in [0.25, 0.3) is 0 Å². The van der Waals surface area contributed by atoms with Crippen molar-refractivity contribution in [1.82, 2.24) is 15.2 Å². The van der Waals surface area contributed by atoms with Gasteiger partial charge in [-0.2, -0.15) is 0 Å². The normalized spacial score (nSPS) is 11.8. The third-order valence-corrected chi connectivity index (χ3v) is 8.33. The zero-order chi connectivity index (χ0) is 33.1. The van der Waals surface area contributed by atoms with Gasteiger partial charge in [0.2, 0.25) is 0 Å². The Bertz CT molecular complexity index is 1690. The lowest BCUT2D eigenvalue weighted by Crippen LogP contribution is -2.36. The van der Waals surface area contributed by atoms with Crippen molar-refractivity contribution in [2.24, 2.45) is 0 Å². The number of benzene rings is 4. The SMILES string of the molecule is CC(C)(C)OC(=O)NCCCN(Cc1ccc(-c2ccccc2)cc1)C(=O)OC(Cc1ccc(-c2ccccc2)cc1)c1cncs1. The Labute approximate surface area is 281 Å². The van der Waals surface area contributed by atoms with Crippen LogP contribution in [0.25, 0.3) is 22.3 Å². The molecule has 2 amide bonds. The fourth-order valence-corrected chi connectivity index (χ4v) is 5.77. The van der Waals surface area contributed by atoms with Crippen LogP contribution in [0.4, 0.5) is 9.59 Å². The number of aromatic nitrogens is 1. The van der Waals surface area contributed by atoms with Crippen LogP contribution >= 0.6 is 11.3 Å². The number of alkyl carbamates (subject to hydrolysis) is 1. The quantitative estimate of drug-likeness (QED) is 0.137. The topological polar surface area (TPSA) is 80.8 Å². The summed E-state index contributed by atoms with van der Waals surface area (Å²) in [6, 6.07) is 37.0. The van der Waals surface area contributed by atoms with Crippen LogP contribution in [0.5, 0.6) is 0 Å². The highest BCUT2D eigenvalue weighted by Gasteiger charge is 2.24. The van der Waals surface area contributed by atoms with Crippen molar-refractivity contribution < 1.29 is 19.1 Å². The molecule has 47 heavy (non-hydrogen) atoms. The molecule has 1 aromatic heterocycles. The second-order valence-electron chi connectivity index (χ2n) is 12.3. The first kappa shape index (κ1) is 33.4. The van der Waals surface area contributed by atoms with E-state index in [4.69, 9.17) is 9.47 Å². The molecule has 0 saturated heterocycles.